The molecule has 9 nitrogen and oxygen atoms in total. The summed E-state index contributed by atoms with van der Waals surface area (Å²) in [6.07, 6.45) is 0. The number of carbonyl (C=O) groups excluding carboxylic acids is 1. The number of rotatable bonds is 5. The molecule has 2 unspecified atom stereocenters. The maximum atomic E-state index is 12.0. The molecule has 0 radical (unpaired) electrons. The van der Waals surface area contributed by atoms with Crippen molar-refractivity contribution in [3.63, 3.8) is 0 Å². The molecule has 0 fully saturated rings. The molecule has 3 N–H and O–H groups in total. The van der Waals surface area contributed by atoms with Gasteiger partial charge in [0.25, 0.3) is 5.56 Å². The van der Waals surface area contributed by atoms with Crippen LogP contribution in [0.3, 0.4) is 0 Å². The highest BCUT2D eigenvalue weighted by molar-refractivity contribution is 7.10. The lowest BCUT2D eigenvalue weighted by molar-refractivity contribution is 0.242. The van der Waals surface area contributed by atoms with Gasteiger partial charge in [-0.3, -0.25) is 14.8 Å². The zero-order chi connectivity index (χ0) is 21.3. The Hall–Kier alpha value is -3.66. The summed E-state index contributed by atoms with van der Waals surface area (Å²) in [4.78, 5) is 52.9. The first-order valence-corrected chi connectivity index (χ1v) is 9.99. The highest BCUT2D eigenvalue weighted by Crippen LogP contribution is 2.36. The van der Waals surface area contributed by atoms with Gasteiger partial charge in [-0.15, -0.1) is 11.3 Å². The largest absolute Gasteiger partial charge is 0.341 e. The molecule has 4 rings (SSSR count). The number of aliphatic imine (C=N–C) groups is 2. The van der Waals surface area contributed by atoms with Crippen LogP contribution in [0.25, 0.3) is 11.3 Å². The van der Waals surface area contributed by atoms with E-state index in [1.54, 1.807) is 6.92 Å². The minimum Gasteiger partial charge on any atom is -0.327 e. The third-order valence-corrected chi connectivity index (χ3v) is 5.72. The molecular formula is C20H18N6O3S. The van der Waals surface area contributed by atoms with Gasteiger partial charge in [-0.2, -0.15) is 0 Å². The number of aromatic amines is 2. The Kier molecular flexibility index (Phi) is 5.23. The number of carbonyl (C=O) groups is 1. The topological polar surface area (TPSA) is 132 Å². The third kappa shape index (κ3) is 3.90. The van der Waals surface area contributed by atoms with Crippen LogP contribution in [0.2, 0.25) is 0 Å². The zero-order valence-corrected chi connectivity index (χ0v) is 16.8. The van der Waals surface area contributed by atoms with Gasteiger partial charge < -0.3 is 10.3 Å². The SMILES string of the molecule is C=NCc1ccc(-c2csc(C3C(C)=NC(=O)NC3c3cc(=O)[nH]c(=O)[nH]3)n2)cc1. The van der Waals surface area contributed by atoms with Crippen LogP contribution in [0.1, 0.15) is 35.1 Å². The third-order valence-electron chi connectivity index (χ3n) is 4.79. The van der Waals surface area contributed by atoms with E-state index in [0.29, 0.717) is 23.0 Å². The van der Waals surface area contributed by atoms with E-state index < -0.39 is 29.2 Å². The van der Waals surface area contributed by atoms with Crippen molar-refractivity contribution in [3.8, 4) is 11.3 Å². The monoisotopic (exact) mass is 422 g/mol. The fourth-order valence-corrected chi connectivity index (χ4v) is 4.45. The summed E-state index contributed by atoms with van der Waals surface area (Å²) in [5, 5.41) is 5.38. The van der Waals surface area contributed by atoms with Gasteiger partial charge in [0.05, 0.1) is 24.2 Å². The molecule has 2 amide bonds. The van der Waals surface area contributed by atoms with Gasteiger partial charge in [0.1, 0.15) is 5.01 Å². The molecule has 1 aliphatic rings. The molecule has 3 heterocycles. The standard InChI is InChI=1S/C20H18N6O3S/c1-10-16(17(26-19(28)22-10)13-7-15(27)25-20(29)24-13)18-23-14(9-30-18)12-5-3-11(4-6-12)8-21-2/h3-7,9,16-17H,2,8H2,1H3,(H,26,28)(H2,24,25,27,29). The summed E-state index contributed by atoms with van der Waals surface area (Å²) in [6.45, 7) is 5.79. The molecule has 0 aliphatic carbocycles. The van der Waals surface area contributed by atoms with E-state index >= 15 is 0 Å². The summed E-state index contributed by atoms with van der Waals surface area (Å²) in [6, 6.07) is 7.95. The normalized spacial score (nSPS) is 18.6. The second-order valence-electron chi connectivity index (χ2n) is 6.85. The summed E-state index contributed by atoms with van der Waals surface area (Å²) < 4.78 is 0. The molecule has 0 saturated heterocycles. The maximum absolute atomic E-state index is 12.0. The Morgan fingerprint density at radius 2 is 1.93 bits per heavy atom. The minimum absolute atomic E-state index is 0.300. The van der Waals surface area contributed by atoms with Gasteiger partial charge in [-0.05, 0) is 19.2 Å². The number of hydrogen-bond donors (Lipinski definition) is 3. The first-order valence-electron chi connectivity index (χ1n) is 9.11. The molecule has 2 atom stereocenters. The molecule has 1 aliphatic heterocycles. The number of hydrogen-bond acceptors (Lipinski definition) is 6. The van der Waals surface area contributed by atoms with Crippen LogP contribution < -0.4 is 16.6 Å². The van der Waals surface area contributed by atoms with Gasteiger partial charge in [0.15, 0.2) is 0 Å². The summed E-state index contributed by atoms with van der Waals surface area (Å²) in [7, 11) is 0. The average Bonchev–Trinajstić information content (AvgIpc) is 3.17. The lowest BCUT2D eigenvalue weighted by Gasteiger charge is -2.29. The number of nitrogens with zero attached hydrogens (tertiary/aromatic N) is 3. The van der Waals surface area contributed by atoms with Crippen molar-refractivity contribution >= 4 is 29.8 Å². The summed E-state index contributed by atoms with van der Waals surface area (Å²) in [5.74, 6) is -0.414. The van der Waals surface area contributed by atoms with Crippen LogP contribution in [0.4, 0.5) is 4.79 Å². The van der Waals surface area contributed by atoms with Crippen LogP contribution in [0.5, 0.6) is 0 Å². The number of amides is 2. The van der Waals surface area contributed by atoms with Crippen LogP contribution in [-0.4, -0.2) is 33.4 Å². The van der Waals surface area contributed by atoms with Gasteiger partial charge in [0, 0.05) is 28.4 Å². The quantitative estimate of drug-likeness (QED) is 0.545. The Labute approximate surface area is 174 Å². The van der Waals surface area contributed by atoms with Crippen molar-refractivity contribution in [2.45, 2.75) is 25.4 Å². The molecule has 1 aromatic carbocycles. The van der Waals surface area contributed by atoms with E-state index in [0.717, 1.165) is 16.8 Å². The Morgan fingerprint density at radius 1 is 1.17 bits per heavy atom. The molecule has 0 spiro atoms. The lowest BCUT2D eigenvalue weighted by Crippen LogP contribution is -2.40. The van der Waals surface area contributed by atoms with Gasteiger partial charge in [-0.1, -0.05) is 24.3 Å². The van der Waals surface area contributed by atoms with Gasteiger partial charge in [0.2, 0.25) is 0 Å². The predicted octanol–water partition coefficient (Wildman–Crippen LogP) is 2.40. The van der Waals surface area contributed by atoms with Crippen LogP contribution in [-0.2, 0) is 6.54 Å². The van der Waals surface area contributed by atoms with E-state index in [4.69, 9.17) is 4.98 Å². The Morgan fingerprint density at radius 3 is 2.63 bits per heavy atom. The highest BCUT2D eigenvalue weighted by Gasteiger charge is 2.35. The number of aromatic nitrogens is 3. The highest BCUT2D eigenvalue weighted by atomic mass is 32.1. The molecule has 0 saturated carbocycles. The smallest absolute Gasteiger partial charge is 0.327 e. The number of benzene rings is 1. The number of urea groups is 1. The molecular weight excluding hydrogens is 404 g/mol. The van der Waals surface area contributed by atoms with E-state index in [1.807, 2.05) is 29.6 Å². The average molecular weight is 422 g/mol. The second-order valence-corrected chi connectivity index (χ2v) is 7.74. The lowest BCUT2D eigenvalue weighted by atomic mass is 9.91. The Balaban J connectivity index is 1.72. The van der Waals surface area contributed by atoms with Crippen molar-refractivity contribution in [1.82, 2.24) is 20.3 Å². The number of thiazole rings is 1. The van der Waals surface area contributed by atoms with E-state index in [9.17, 15) is 14.4 Å². The first kappa shape index (κ1) is 19.6. The fraction of sp³-hybridized carbons (Fsp3) is 0.200. The van der Waals surface area contributed by atoms with Crippen molar-refractivity contribution in [2.24, 2.45) is 9.98 Å². The van der Waals surface area contributed by atoms with Gasteiger partial charge >= 0.3 is 11.7 Å². The van der Waals surface area contributed by atoms with Crippen molar-refractivity contribution in [2.75, 3.05) is 0 Å². The van der Waals surface area contributed by atoms with Crippen LogP contribution in [0, 0.1) is 0 Å². The first-order chi connectivity index (χ1) is 14.4. The van der Waals surface area contributed by atoms with E-state index in [1.165, 1.54) is 17.4 Å². The van der Waals surface area contributed by atoms with Crippen molar-refractivity contribution in [1.29, 1.82) is 0 Å². The van der Waals surface area contributed by atoms with Crippen LogP contribution in [0.15, 0.2) is 55.3 Å². The number of nitrogens with one attached hydrogen (secondary N) is 3. The molecule has 152 valence electrons. The molecule has 10 heteroatoms. The summed E-state index contributed by atoms with van der Waals surface area (Å²) in [5.41, 5.74) is 2.46. The van der Waals surface area contributed by atoms with Gasteiger partial charge in [-0.25, -0.2) is 19.6 Å². The molecule has 3 aromatic rings. The molecule has 30 heavy (non-hydrogen) atoms. The number of H-pyrrole nitrogens is 2. The van der Waals surface area contributed by atoms with Crippen molar-refractivity contribution in [3.05, 3.63) is 72.8 Å². The Bertz CT molecular complexity index is 1230. The summed E-state index contributed by atoms with van der Waals surface area (Å²) >= 11 is 1.43. The zero-order valence-electron chi connectivity index (χ0n) is 16.0. The second kappa shape index (κ2) is 7.99. The fourth-order valence-electron chi connectivity index (χ4n) is 3.43. The van der Waals surface area contributed by atoms with Crippen LogP contribution >= 0.6 is 11.3 Å². The minimum atomic E-state index is -0.662. The van der Waals surface area contributed by atoms with E-state index in [2.05, 4.69) is 32.0 Å². The molecule has 0 bridgehead atoms. The maximum Gasteiger partial charge on any atom is 0.341 e. The predicted molar refractivity (Wildman–Crippen MR) is 116 cm³/mol. The van der Waals surface area contributed by atoms with E-state index in [-0.39, 0.29) is 0 Å². The van der Waals surface area contributed by atoms with Crippen molar-refractivity contribution < 1.29 is 4.79 Å². The molecule has 2 aromatic heterocycles.